The number of nitrogens with two attached hydrogens (primary N) is 1. The number of rotatable bonds is 2. The van der Waals surface area contributed by atoms with Gasteiger partial charge in [0.25, 0.3) is 0 Å². The standard InChI is InChI=1S/C14H14F2N2/c1-9-3-4-18-8-13(9)14(2,17)10-5-11(15)7-12(16)6-10/h3-8H,17H2,1-2H3. The van der Waals surface area contributed by atoms with Crippen molar-refractivity contribution in [1.82, 2.24) is 4.98 Å². The van der Waals surface area contributed by atoms with E-state index in [0.717, 1.165) is 17.2 Å². The molecule has 0 aliphatic heterocycles. The number of aryl methyl sites for hydroxylation is 1. The van der Waals surface area contributed by atoms with E-state index >= 15 is 0 Å². The summed E-state index contributed by atoms with van der Waals surface area (Å²) in [6.45, 7) is 3.60. The van der Waals surface area contributed by atoms with Gasteiger partial charge in [0.2, 0.25) is 0 Å². The Morgan fingerprint density at radius 2 is 1.78 bits per heavy atom. The lowest BCUT2D eigenvalue weighted by Crippen LogP contribution is -2.35. The molecular formula is C14H14F2N2. The van der Waals surface area contributed by atoms with Crippen LogP contribution in [0.4, 0.5) is 8.78 Å². The molecule has 1 atom stereocenters. The van der Waals surface area contributed by atoms with Gasteiger partial charge in [0.15, 0.2) is 0 Å². The maximum atomic E-state index is 13.3. The van der Waals surface area contributed by atoms with Gasteiger partial charge in [-0.2, -0.15) is 0 Å². The first-order chi connectivity index (χ1) is 8.41. The second kappa shape index (κ2) is 4.46. The van der Waals surface area contributed by atoms with Gasteiger partial charge >= 0.3 is 0 Å². The van der Waals surface area contributed by atoms with Crippen molar-refractivity contribution in [2.75, 3.05) is 0 Å². The number of hydrogen-bond acceptors (Lipinski definition) is 2. The number of nitrogens with zero attached hydrogens (tertiary/aromatic N) is 1. The van der Waals surface area contributed by atoms with Crippen molar-refractivity contribution in [2.24, 2.45) is 5.73 Å². The molecule has 4 heteroatoms. The van der Waals surface area contributed by atoms with Gasteiger partial charge in [-0.15, -0.1) is 0 Å². The van der Waals surface area contributed by atoms with Crippen LogP contribution in [0.15, 0.2) is 36.7 Å². The Morgan fingerprint density at radius 1 is 1.17 bits per heavy atom. The molecular weight excluding hydrogens is 234 g/mol. The zero-order valence-electron chi connectivity index (χ0n) is 10.2. The molecule has 0 spiro atoms. The maximum absolute atomic E-state index is 13.3. The minimum absolute atomic E-state index is 0.385. The summed E-state index contributed by atoms with van der Waals surface area (Å²) < 4.78 is 26.5. The van der Waals surface area contributed by atoms with E-state index in [4.69, 9.17) is 5.73 Å². The first-order valence-corrected chi connectivity index (χ1v) is 5.58. The second-order valence-electron chi connectivity index (χ2n) is 4.55. The van der Waals surface area contributed by atoms with Crippen LogP contribution in [0.3, 0.4) is 0 Å². The molecule has 0 amide bonds. The predicted molar refractivity (Wildman–Crippen MR) is 66.0 cm³/mol. The van der Waals surface area contributed by atoms with Crippen molar-refractivity contribution in [3.8, 4) is 0 Å². The van der Waals surface area contributed by atoms with Crippen LogP contribution < -0.4 is 5.73 Å². The van der Waals surface area contributed by atoms with Gasteiger partial charge < -0.3 is 5.73 Å². The lowest BCUT2D eigenvalue weighted by Gasteiger charge is -2.27. The lowest BCUT2D eigenvalue weighted by molar-refractivity contribution is 0.548. The number of aromatic nitrogens is 1. The summed E-state index contributed by atoms with van der Waals surface area (Å²) in [5, 5.41) is 0. The van der Waals surface area contributed by atoms with Crippen LogP contribution in [-0.4, -0.2) is 4.98 Å². The predicted octanol–water partition coefficient (Wildman–Crippen LogP) is 2.89. The van der Waals surface area contributed by atoms with Gasteiger partial charge in [0.05, 0.1) is 5.54 Å². The molecule has 0 saturated heterocycles. The van der Waals surface area contributed by atoms with Gasteiger partial charge in [-0.25, -0.2) is 8.78 Å². The molecule has 0 fully saturated rings. The summed E-state index contributed by atoms with van der Waals surface area (Å²) in [6.07, 6.45) is 3.28. The van der Waals surface area contributed by atoms with Gasteiger partial charge in [0.1, 0.15) is 11.6 Å². The summed E-state index contributed by atoms with van der Waals surface area (Å²) in [6, 6.07) is 5.14. The molecule has 0 radical (unpaired) electrons. The molecule has 2 nitrogen and oxygen atoms in total. The lowest BCUT2D eigenvalue weighted by atomic mass is 9.84. The van der Waals surface area contributed by atoms with Crippen molar-refractivity contribution in [2.45, 2.75) is 19.4 Å². The van der Waals surface area contributed by atoms with Crippen molar-refractivity contribution in [1.29, 1.82) is 0 Å². The van der Waals surface area contributed by atoms with E-state index in [9.17, 15) is 8.78 Å². The molecule has 2 rings (SSSR count). The smallest absolute Gasteiger partial charge is 0.126 e. The minimum Gasteiger partial charge on any atom is -0.318 e. The number of halogens is 2. The highest BCUT2D eigenvalue weighted by atomic mass is 19.1. The highest BCUT2D eigenvalue weighted by Gasteiger charge is 2.26. The molecule has 18 heavy (non-hydrogen) atoms. The third kappa shape index (κ3) is 2.24. The third-order valence-electron chi connectivity index (χ3n) is 3.06. The third-order valence-corrected chi connectivity index (χ3v) is 3.06. The zero-order chi connectivity index (χ0) is 13.3. The molecule has 0 bridgehead atoms. The van der Waals surface area contributed by atoms with Gasteiger partial charge in [0, 0.05) is 18.5 Å². The monoisotopic (exact) mass is 248 g/mol. The fourth-order valence-corrected chi connectivity index (χ4v) is 2.02. The van der Waals surface area contributed by atoms with Crippen LogP contribution in [0, 0.1) is 18.6 Å². The Hall–Kier alpha value is -1.81. The van der Waals surface area contributed by atoms with Crippen LogP contribution in [0.1, 0.15) is 23.6 Å². The van der Waals surface area contributed by atoms with E-state index in [1.165, 1.54) is 12.1 Å². The summed E-state index contributed by atoms with van der Waals surface area (Å²) in [5.74, 6) is -1.27. The summed E-state index contributed by atoms with van der Waals surface area (Å²) in [4.78, 5) is 4.01. The van der Waals surface area contributed by atoms with Crippen molar-refractivity contribution < 1.29 is 8.78 Å². The fourth-order valence-electron chi connectivity index (χ4n) is 2.02. The Kier molecular flexibility index (Phi) is 3.13. The quantitative estimate of drug-likeness (QED) is 0.887. The first-order valence-electron chi connectivity index (χ1n) is 5.58. The van der Waals surface area contributed by atoms with Crippen molar-refractivity contribution in [3.63, 3.8) is 0 Å². The topological polar surface area (TPSA) is 38.9 Å². The average Bonchev–Trinajstić information content (AvgIpc) is 2.28. The van der Waals surface area contributed by atoms with E-state index in [-0.39, 0.29) is 0 Å². The molecule has 0 aliphatic carbocycles. The molecule has 94 valence electrons. The highest BCUT2D eigenvalue weighted by molar-refractivity contribution is 5.39. The first kappa shape index (κ1) is 12.6. The van der Waals surface area contributed by atoms with Crippen molar-refractivity contribution >= 4 is 0 Å². The van der Waals surface area contributed by atoms with Crippen LogP contribution in [0.5, 0.6) is 0 Å². The Labute approximate surface area is 104 Å². The maximum Gasteiger partial charge on any atom is 0.126 e. The van der Waals surface area contributed by atoms with Gasteiger partial charge in [-0.3, -0.25) is 4.98 Å². The van der Waals surface area contributed by atoms with Crippen molar-refractivity contribution in [3.05, 3.63) is 65.0 Å². The molecule has 1 aromatic heterocycles. The van der Waals surface area contributed by atoms with E-state index in [2.05, 4.69) is 4.98 Å². The molecule has 2 N–H and O–H groups in total. The van der Waals surface area contributed by atoms with E-state index in [1.54, 1.807) is 19.3 Å². The summed E-state index contributed by atoms with van der Waals surface area (Å²) >= 11 is 0. The normalized spacial score (nSPS) is 14.3. The Morgan fingerprint density at radius 3 is 2.33 bits per heavy atom. The minimum atomic E-state index is -0.985. The summed E-state index contributed by atoms with van der Waals surface area (Å²) in [5.41, 5.74) is 7.30. The van der Waals surface area contributed by atoms with E-state index in [1.807, 2.05) is 13.0 Å². The van der Waals surface area contributed by atoms with Gasteiger partial charge in [-0.1, -0.05) is 0 Å². The summed E-state index contributed by atoms with van der Waals surface area (Å²) in [7, 11) is 0. The van der Waals surface area contributed by atoms with Gasteiger partial charge in [-0.05, 0) is 48.7 Å². The second-order valence-corrected chi connectivity index (χ2v) is 4.55. The SMILES string of the molecule is Cc1ccncc1C(C)(N)c1cc(F)cc(F)c1. The van der Waals surface area contributed by atoms with E-state index < -0.39 is 17.2 Å². The number of benzene rings is 1. The van der Waals surface area contributed by atoms with Crippen LogP contribution in [-0.2, 0) is 5.54 Å². The Bertz CT molecular complexity index is 560. The molecule has 1 unspecified atom stereocenters. The molecule has 1 aromatic carbocycles. The van der Waals surface area contributed by atoms with Crippen LogP contribution >= 0.6 is 0 Å². The molecule has 0 aliphatic rings. The van der Waals surface area contributed by atoms with Crippen LogP contribution in [0.2, 0.25) is 0 Å². The zero-order valence-corrected chi connectivity index (χ0v) is 10.2. The molecule has 1 heterocycles. The molecule has 0 saturated carbocycles. The van der Waals surface area contributed by atoms with E-state index in [0.29, 0.717) is 5.56 Å². The number of pyridine rings is 1. The Balaban J connectivity index is 2.57. The average molecular weight is 248 g/mol. The molecule has 2 aromatic rings. The largest absolute Gasteiger partial charge is 0.318 e. The number of hydrogen-bond donors (Lipinski definition) is 1. The fraction of sp³-hybridized carbons (Fsp3) is 0.214. The highest BCUT2D eigenvalue weighted by Crippen LogP contribution is 2.29. The van der Waals surface area contributed by atoms with Crippen LogP contribution in [0.25, 0.3) is 0 Å².